The van der Waals surface area contributed by atoms with Crippen LogP contribution in [0.15, 0.2) is 30.3 Å². The molecule has 1 aromatic carbocycles. The van der Waals surface area contributed by atoms with Crippen LogP contribution in [0.25, 0.3) is 0 Å². The van der Waals surface area contributed by atoms with Crippen LogP contribution in [0.4, 0.5) is 0 Å². The van der Waals surface area contributed by atoms with Gasteiger partial charge in [0.2, 0.25) is 5.91 Å². The highest BCUT2D eigenvalue weighted by molar-refractivity contribution is 5.94. The summed E-state index contributed by atoms with van der Waals surface area (Å²) in [5, 5.41) is 0. The summed E-state index contributed by atoms with van der Waals surface area (Å²) < 4.78 is 0. The second-order valence-electron chi connectivity index (χ2n) is 8.07. The van der Waals surface area contributed by atoms with E-state index in [0.29, 0.717) is 19.0 Å². The Morgan fingerprint density at radius 3 is 2.44 bits per heavy atom. The summed E-state index contributed by atoms with van der Waals surface area (Å²) in [5.74, 6) is 0.984. The van der Waals surface area contributed by atoms with Crippen molar-refractivity contribution in [3.8, 4) is 0 Å². The number of carbonyl (C=O) groups excluding carboxylic acids is 2. The first-order chi connectivity index (χ1) is 13.1. The number of likely N-dealkylation sites (N-methyl/N-ethyl adjacent to an activating group) is 1. The standard InChI is InChI=1S/C22H33N3O2/c1-23(17-19-9-4-2-5-10-19)21(26)18-24-13-8-14-25(16-15-24)22(27)20-11-6-3-7-12-20/h3,6-7,11-12,19H,2,4-5,8-10,13-18H2,1H3. The molecule has 0 atom stereocenters. The van der Waals surface area contributed by atoms with Crippen molar-refractivity contribution >= 4 is 11.8 Å². The first-order valence-electron chi connectivity index (χ1n) is 10.4. The Hall–Kier alpha value is -1.88. The van der Waals surface area contributed by atoms with Crippen molar-refractivity contribution in [3.05, 3.63) is 35.9 Å². The minimum Gasteiger partial charge on any atom is -0.344 e. The average Bonchev–Trinajstić information content (AvgIpc) is 2.94. The number of nitrogens with zero attached hydrogens (tertiary/aromatic N) is 3. The van der Waals surface area contributed by atoms with Crippen LogP contribution in [0, 0.1) is 5.92 Å². The lowest BCUT2D eigenvalue weighted by Crippen LogP contribution is -2.42. The van der Waals surface area contributed by atoms with Crippen molar-refractivity contribution in [1.82, 2.24) is 14.7 Å². The van der Waals surface area contributed by atoms with E-state index >= 15 is 0 Å². The van der Waals surface area contributed by atoms with E-state index in [1.54, 1.807) is 0 Å². The minimum absolute atomic E-state index is 0.0955. The molecular formula is C22H33N3O2. The molecule has 1 aromatic rings. The van der Waals surface area contributed by atoms with E-state index < -0.39 is 0 Å². The summed E-state index contributed by atoms with van der Waals surface area (Å²) in [6, 6.07) is 9.47. The minimum atomic E-state index is 0.0955. The van der Waals surface area contributed by atoms with Gasteiger partial charge in [-0.15, -0.1) is 0 Å². The van der Waals surface area contributed by atoms with Gasteiger partial charge in [0.1, 0.15) is 0 Å². The van der Waals surface area contributed by atoms with Crippen LogP contribution in [0.5, 0.6) is 0 Å². The van der Waals surface area contributed by atoms with Crippen LogP contribution in [0.2, 0.25) is 0 Å². The van der Waals surface area contributed by atoms with Gasteiger partial charge in [-0.25, -0.2) is 0 Å². The molecular weight excluding hydrogens is 338 g/mol. The molecule has 2 fully saturated rings. The first-order valence-corrected chi connectivity index (χ1v) is 10.4. The molecule has 0 spiro atoms. The lowest BCUT2D eigenvalue weighted by atomic mass is 9.89. The summed E-state index contributed by atoms with van der Waals surface area (Å²) in [6.45, 7) is 4.45. The molecule has 27 heavy (non-hydrogen) atoms. The molecule has 0 N–H and O–H groups in total. The molecule has 0 aromatic heterocycles. The van der Waals surface area contributed by atoms with Crippen molar-refractivity contribution in [3.63, 3.8) is 0 Å². The van der Waals surface area contributed by atoms with E-state index in [2.05, 4.69) is 4.90 Å². The van der Waals surface area contributed by atoms with Gasteiger partial charge >= 0.3 is 0 Å². The van der Waals surface area contributed by atoms with Crippen LogP contribution >= 0.6 is 0 Å². The van der Waals surface area contributed by atoms with Gasteiger partial charge in [-0.1, -0.05) is 37.5 Å². The second kappa shape index (κ2) is 9.88. The van der Waals surface area contributed by atoms with Gasteiger partial charge in [-0.3, -0.25) is 14.5 Å². The van der Waals surface area contributed by atoms with Gasteiger partial charge in [0, 0.05) is 45.3 Å². The third-order valence-electron chi connectivity index (χ3n) is 5.94. The van der Waals surface area contributed by atoms with Crippen LogP contribution in [-0.4, -0.2) is 72.8 Å². The van der Waals surface area contributed by atoms with Crippen LogP contribution in [0.1, 0.15) is 48.9 Å². The zero-order valence-electron chi connectivity index (χ0n) is 16.6. The molecule has 5 heteroatoms. The summed E-state index contributed by atoms with van der Waals surface area (Å²) >= 11 is 0. The molecule has 1 saturated heterocycles. The summed E-state index contributed by atoms with van der Waals surface area (Å²) in [4.78, 5) is 31.3. The Balaban J connectivity index is 1.46. The van der Waals surface area contributed by atoms with E-state index in [-0.39, 0.29) is 11.8 Å². The molecule has 1 saturated carbocycles. The quantitative estimate of drug-likeness (QED) is 0.799. The largest absolute Gasteiger partial charge is 0.344 e. The Bertz CT molecular complexity index is 613. The lowest BCUT2D eigenvalue weighted by Gasteiger charge is -2.29. The normalized spacial score (nSPS) is 19.5. The first kappa shape index (κ1) is 19.9. The fraction of sp³-hybridized carbons (Fsp3) is 0.636. The van der Waals surface area contributed by atoms with Gasteiger partial charge in [0.25, 0.3) is 5.91 Å². The predicted molar refractivity (Wildman–Crippen MR) is 108 cm³/mol. The Morgan fingerprint density at radius 1 is 0.963 bits per heavy atom. The number of amides is 2. The van der Waals surface area contributed by atoms with Gasteiger partial charge in [0.15, 0.2) is 0 Å². The monoisotopic (exact) mass is 371 g/mol. The fourth-order valence-corrected chi connectivity index (χ4v) is 4.27. The molecule has 2 amide bonds. The molecule has 0 bridgehead atoms. The fourth-order valence-electron chi connectivity index (χ4n) is 4.27. The number of carbonyl (C=O) groups is 2. The molecule has 3 rings (SSSR count). The molecule has 0 unspecified atom stereocenters. The summed E-state index contributed by atoms with van der Waals surface area (Å²) in [5.41, 5.74) is 0.745. The third-order valence-corrected chi connectivity index (χ3v) is 5.94. The number of hydrogen-bond donors (Lipinski definition) is 0. The highest BCUT2D eigenvalue weighted by atomic mass is 16.2. The topological polar surface area (TPSA) is 43.9 Å². The van der Waals surface area contributed by atoms with Gasteiger partial charge in [0.05, 0.1) is 6.54 Å². The predicted octanol–water partition coefficient (Wildman–Crippen LogP) is 2.87. The molecule has 1 heterocycles. The Morgan fingerprint density at radius 2 is 1.70 bits per heavy atom. The maximum absolute atomic E-state index is 12.6. The highest BCUT2D eigenvalue weighted by Crippen LogP contribution is 2.24. The average molecular weight is 372 g/mol. The van der Waals surface area contributed by atoms with Crippen molar-refractivity contribution in [1.29, 1.82) is 0 Å². The highest BCUT2D eigenvalue weighted by Gasteiger charge is 2.23. The number of benzene rings is 1. The van der Waals surface area contributed by atoms with E-state index in [9.17, 15) is 9.59 Å². The lowest BCUT2D eigenvalue weighted by molar-refractivity contribution is -0.131. The molecule has 5 nitrogen and oxygen atoms in total. The smallest absolute Gasteiger partial charge is 0.253 e. The van der Waals surface area contributed by atoms with Crippen molar-refractivity contribution in [2.24, 2.45) is 5.92 Å². The van der Waals surface area contributed by atoms with E-state index in [0.717, 1.165) is 38.2 Å². The maximum Gasteiger partial charge on any atom is 0.253 e. The molecule has 148 valence electrons. The Labute approximate surface area is 163 Å². The summed E-state index contributed by atoms with van der Waals surface area (Å²) in [7, 11) is 1.94. The van der Waals surface area contributed by atoms with Crippen LogP contribution in [0.3, 0.4) is 0 Å². The van der Waals surface area contributed by atoms with Crippen molar-refractivity contribution in [2.45, 2.75) is 38.5 Å². The number of rotatable bonds is 5. The van der Waals surface area contributed by atoms with Crippen molar-refractivity contribution < 1.29 is 9.59 Å². The zero-order chi connectivity index (χ0) is 19.1. The van der Waals surface area contributed by atoms with E-state index in [1.807, 2.05) is 47.2 Å². The van der Waals surface area contributed by atoms with Gasteiger partial charge < -0.3 is 9.80 Å². The van der Waals surface area contributed by atoms with Crippen LogP contribution in [-0.2, 0) is 4.79 Å². The molecule has 0 radical (unpaired) electrons. The maximum atomic E-state index is 12.6. The third kappa shape index (κ3) is 5.80. The molecule has 1 aliphatic carbocycles. The van der Waals surface area contributed by atoms with E-state index in [1.165, 1.54) is 32.1 Å². The SMILES string of the molecule is CN(CC1CCCCC1)C(=O)CN1CCCN(C(=O)c2ccccc2)CC1. The van der Waals surface area contributed by atoms with Gasteiger partial charge in [-0.2, -0.15) is 0 Å². The van der Waals surface area contributed by atoms with Gasteiger partial charge in [-0.05, 0) is 37.3 Å². The number of hydrogen-bond acceptors (Lipinski definition) is 3. The molecule has 2 aliphatic rings. The van der Waals surface area contributed by atoms with Crippen molar-refractivity contribution in [2.75, 3.05) is 46.3 Å². The summed E-state index contributed by atoms with van der Waals surface area (Å²) in [6.07, 6.45) is 7.41. The van der Waals surface area contributed by atoms with E-state index in [4.69, 9.17) is 0 Å². The molecule has 1 aliphatic heterocycles. The second-order valence-corrected chi connectivity index (χ2v) is 8.07. The van der Waals surface area contributed by atoms with Crippen LogP contribution < -0.4 is 0 Å². The zero-order valence-corrected chi connectivity index (χ0v) is 16.6. The Kier molecular flexibility index (Phi) is 7.27.